The molecule has 0 aliphatic rings. The highest BCUT2D eigenvalue weighted by atomic mass is 19.1. The minimum atomic E-state index is -1.51. The molecular weight excluding hydrogens is 636 g/mol. The topological polar surface area (TPSA) is 149 Å². The Balaban J connectivity index is 1.66. The third kappa shape index (κ3) is 6.49. The van der Waals surface area contributed by atoms with E-state index in [4.69, 9.17) is 0 Å². The summed E-state index contributed by atoms with van der Waals surface area (Å²) in [6.45, 7) is 0. The van der Waals surface area contributed by atoms with E-state index in [-0.39, 0.29) is 22.3 Å². The minimum Gasteiger partial charge on any atom is -0.478 e. The largest absolute Gasteiger partial charge is 0.478 e. The highest BCUT2D eigenvalue weighted by Gasteiger charge is 2.25. The Kier molecular flexibility index (Phi) is 9.10. The zero-order chi connectivity index (χ0) is 34.9. The van der Waals surface area contributed by atoms with E-state index in [1.807, 2.05) is 0 Å². The van der Waals surface area contributed by atoms with Crippen LogP contribution in [0, 0.1) is 23.3 Å². The second-order valence-electron chi connectivity index (χ2n) is 10.7. The number of carboxylic acid groups (broad SMARTS) is 4. The Morgan fingerprint density at radius 2 is 0.542 bits per heavy atom. The number of rotatable bonds is 10. The maximum absolute atomic E-state index is 14.8. The first-order valence-electron chi connectivity index (χ1n) is 14.0. The molecule has 0 saturated carbocycles. The van der Waals surface area contributed by atoms with Gasteiger partial charge in [0.25, 0.3) is 0 Å². The van der Waals surface area contributed by atoms with Crippen molar-refractivity contribution in [2.75, 3.05) is 0 Å². The second kappa shape index (κ2) is 13.2. The summed E-state index contributed by atoms with van der Waals surface area (Å²) in [5.41, 5.74) is -0.830. The quantitative estimate of drug-likeness (QED) is 0.0896. The Labute approximate surface area is 268 Å². The van der Waals surface area contributed by atoms with E-state index in [1.54, 1.807) is 24.3 Å². The van der Waals surface area contributed by atoms with E-state index < -0.39 is 81.2 Å². The van der Waals surface area contributed by atoms with Gasteiger partial charge in [-0.1, -0.05) is 48.5 Å². The van der Waals surface area contributed by atoms with Crippen molar-refractivity contribution in [3.05, 3.63) is 176 Å². The molecule has 0 amide bonds. The smallest absolute Gasteiger partial charge is 0.338 e. The molecule has 5 aromatic carbocycles. The van der Waals surface area contributed by atoms with E-state index >= 15 is 0 Å². The molecule has 0 radical (unpaired) electrons. The zero-order valence-electron chi connectivity index (χ0n) is 24.3. The first kappa shape index (κ1) is 33.1. The average Bonchev–Trinajstić information content (AvgIpc) is 3.01. The van der Waals surface area contributed by atoms with Crippen LogP contribution in [0.1, 0.15) is 86.6 Å². The van der Waals surface area contributed by atoms with Crippen molar-refractivity contribution in [1.82, 2.24) is 0 Å². The van der Waals surface area contributed by atoms with E-state index in [0.717, 1.165) is 48.5 Å². The molecule has 0 bridgehead atoms. The molecule has 12 heteroatoms. The van der Waals surface area contributed by atoms with Crippen LogP contribution in [0.15, 0.2) is 97.1 Å². The van der Waals surface area contributed by atoms with Crippen LogP contribution in [0.4, 0.5) is 17.6 Å². The summed E-state index contributed by atoms with van der Waals surface area (Å²) in [6, 6.07) is 19.5. The first-order chi connectivity index (χ1) is 22.8. The summed E-state index contributed by atoms with van der Waals surface area (Å²) in [5.74, 6) is -12.2. The van der Waals surface area contributed by atoms with Crippen molar-refractivity contribution in [3.63, 3.8) is 0 Å². The third-order valence-electron chi connectivity index (χ3n) is 7.83. The zero-order valence-corrected chi connectivity index (χ0v) is 24.3. The van der Waals surface area contributed by atoms with Gasteiger partial charge in [-0.15, -0.1) is 0 Å². The first-order valence-corrected chi connectivity index (χ1v) is 14.0. The number of carbonyl (C=O) groups is 4. The molecule has 0 atom stereocenters. The van der Waals surface area contributed by atoms with E-state index in [0.29, 0.717) is 11.1 Å². The van der Waals surface area contributed by atoms with Crippen molar-refractivity contribution in [1.29, 1.82) is 0 Å². The van der Waals surface area contributed by atoms with Crippen molar-refractivity contribution in [3.8, 4) is 0 Å². The summed E-state index contributed by atoms with van der Waals surface area (Å²) >= 11 is 0. The van der Waals surface area contributed by atoms with Gasteiger partial charge in [0.15, 0.2) is 0 Å². The fraction of sp³-hybridized carbons (Fsp3) is 0.0556. The molecular formula is C36H22F4O8. The van der Waals surface area contributed by atoms with Gasteiger partial charge in [0, 0.05) is 11.8 Å². The van der Waals surface area contributed by atoms with E-state index in [9.17, 15) is 57.2 Å². The van der Waals surface area contributed by atoms with Gasteiger partial charge in [-0.3, -0.25) is 0 Å². The highest BCUT2D eigenvalue weighted by Crippen LogP contribution is 2.38. The number of carboxylic acids is 4. The number of hydrogen-bond acceptors (Lipinski definition) is 4. The van der Waals surface area contributed by atoms with Crippen molar-refractivity contribution in [2.45, 2.75) is 11.8 Å². The van der Waals surface area contributed by atoms with E-state index in [2.05, 4.69) is 0 Å². The standard InChI is InChI=1S/C36H22F4O8/c37-27-13-19(5-9-23(27)33(41)42)31(20-6-10-24(34(43)44)28(38)14-20)17-1-2-18(4-3-17)32(21-7-11-25(35(45)46)29(39)15-21)22-8-12-26(36(47)48)30(40)16-22/h1-16,31-32H,(H,41,42)(H,43,44)(H,45,46)(H,47,48). The van der Waals surface area contributed by atoms with Gasteiger partial charge in [-0.2, -0.15) is 0 Å². The van der Waals surface area contributed by atoms with Crippen LogP contribution in [0.2, 0.25) is 0 Å². The average molecular weight is 659 g/mol. The van der Waals surface area contributed by atoms with Gasteiger partial charge in [0.2, 0.25) is 0 Å². The van der Waals surface area contributed by atoms with Gasteiger partial charge in [0.05, 0.1) is 22.3 Å². The molecule has 0 fully saturated rings. The Bertz CT molecular complexity index is 1830. The van der Waals surface area contributed by atoms with Gasteiger partial charge in [-0.05, 0) is 81.9 Å². The molecule has 0 saturated heterocycles. The lowest BCUT2D eigenvalue weighted by Crippen LogP contribution is -2.10. The SMILES string of the molecule is O=C(O)c1ccc(C(c2ccc(C(c3ccc(C(=O)O)c(F)c3)c3ccc(C(=O)O)c(F)c3)cc2)c2ccc(C(=O)O)c(F)c2)cc1F. The van der Waals surface area contributed by atoms with Crippen LogP contribution in [0.25, 0.3) is 0 Å². The highest BCUT2D eigenvalue weighted by molar-refractivity contribution is 5.89. The number of aromatic carboxylic acids is 4. The van der Waals surface area contributed by atoms with Crippen LogP contribution >= 0.6 is 0 Å². The predicted octanol–water partition coefficient (Wildman–Crippen LogP) is 7.40. The Morgan fingerprint density at radius 1 is 0.354 bits per heavy atom. The van der Waals surface area contributed by atoms with Gasteiger partial charge < -0.3 is 20.4 Å². The number of benzene rings is 5. The summed E-state index contributed by atoms with van der Waals surface area (Å²) < 4.78 is 59.4. The maximum atomic E-state index is 14.8. The molecule has 0 aliphatic heterocycles. The molecule has 0 aliphatic carbocycles. The molecule has 5 rings (SSSR count). The van der Waals surface area contributed by atoms with Crippen LogP contribution in [-0.4, -0.2) is 44.3 Å². The Hall–Kier alpha value is -6.30. The molecule has 8 nitrogen and oxygen atoms in total. The fourth-order valence-corrected chi connectivity index (χ4v) is 5.57. The van der Waals surface area contributed by atoms with Crippen molar-refractivity contribution in [2.24, 2.45) is 0 Å². The lowest BCUT2D eigenvalue weighted by atomic mass is 9.81. The Morgan fingerprint density at radius 3 is 0.708 bits per heavy atom. The van der Waals surface area contributed by atoms with Crippen LogP contribution in [0.3, 0.4) is 0 Å². The summed E-state index contributed by atoms with van der Waals surface area (Å²) in [7, 11) is 0. The van der Waals surface area contributed by atoms with Gasteiger partial charge in [0.1, 0.15) is 23.3 Å². The number of hydrogen-bond donors (Lipinski definition) is 4. The summed E-state index contributed by atoms with van der Waals surface area (Å²) in [6.07, 6.45) is 0. The monoisotopic (exact) mass is 658 g/mol. The van der Waals surface area contributed by atoms with Crippen molar-refractivity contribution >= 4 is 23.9 Å². The molecule has 5 aromatic rings. The lowest BCUT2D eigenvalue weighted by Gasteiger charge is -2.23. The molecule has 0 heterocycles. The third-order valence-corrected chi connectivity index (χ3v) is 7.83. The van der Waals surface area contributed by atoms with Gasteiger partial charge in [-0.25, -0.2) is 36.7 Å². The molecule has 0 unspecified atom stereocenters. The maximum Gasteiger partial charge on any atom is 0.338 e. The lowest BCUT2D eigenvalue weighted by molar-refractivity contribution is 0.0680. The van der Waals surface area contributed by atoms with Crippen LogP contribution < -0.4 is 0 Å². The van der Waals surface area contributed by atoms with Crippen molar-refractivity contribution < 1.29 is 57.2 Å². The molecule has 48 heavy (non-hydrogen) atoms. The molecule has 0 aromatic heterocycles. The van der Waals surface area contributed by atoms with Gasteiger partial charge >= 0.3 is 23.9 Å². The number of halogens is 4. The van der Waals surface area contributed by atoms with E-state index in [1.165, 1.54) is 24.3 Å². The minimum absolute atomic E-state index is 0.196. The molecule has 242 valence electrons. The molecule has 0 spiro atoms. The second-order valence-corrected chi connectivity index (χ2v) is 10.7. The predicted molar refractivity (Wildman–Crippen MR) is 162 cm³/mol. The van der Waals surface area contributed by atoms with Crippen LogP contribution in [-0.2, 0) is 0 Å². The fourth-order valence-electron chi connectivity index (χ4n) is 5.57. The molecule has 4 N–H and O–H groups in total. The normalized spacial score (nSPS) is 11.1. The summed E-state index contributed by atoms with van der Waals surface area (Å²) in [4.78, 5) is 45.7. The van der Waals surface area contributed by atoms with Crippen LogP contribution in [0.5, 0.6) is 0 Å². The summed E-state index contributed by atoms with van der Waals surface area (Å²) in [5, 5.41) is 37.1.